The number of nitrogens with one attached hydrogen (secondary N) is 1. The van der Waals surface area contributed by atoms with E-state index in [2.05, 4.69) is 15.5 Å². The van der Waals surface area contributed by atoms with Gasteiger partial charge in [0, 0.05) is 11.3 Å². The first-order chi connectivity index (χ1) is 15.8. The Morgan fingerprint density at radius 1 is 1.30 bits per heavy atom. The van der Waals surface area contributed by atoms with Crippen LogP contribution in [-0.4, -0.2) is 24.2 Å². The Hall–Kier alpha value is -2.48. The molecule has 1 saturated carbocycles. The highest BCUT2D eigenvalue weighted by atomic mass is 35.5. The number of halogens is 2. The third-order valence-electron chi connectivity index (χ3n) is 5.82. The number of oxazole rings is 1. The highest BCUT2D eigenvalue weighted by molar-refractivity contribution is 7.98. The number of hydrazone groups is 1. The Morgan fingerprint density at radius 2 is 2.09 bits per heavy atom. The van der Waals surface area contributed by atoms with E-state index < -0.39 is 0 Å². The number of carbonyl (C=O) groups is 1. The van der Waals surface area contributed by atoms with E-state index in [-0.39, 0.29) is 27.6 Å². The SMILES string of the molecule is COc1ccc(/C=N/NC(=O)[C@@H]2[C@H](C=C(Cl)Cl)C2(C)C)cc1CSc1nc2ccccc2o1. The van der Waals surface area contributed by atoms with Gasteiger partial charge in [0.1, 0.15) is 15.8 Å². The van der Waals surface area contributed by atoms with Crippen LogP contribution in [-0.2, 0) is 10.5 Å². The van der Waals surface area contributed by atoms with Crippen molar-refractivity contribution in [1.29, 1.82) is 0 Å². The Labute approximate surface area is 206 Å². The van der Waals surface area contributed by atoms with E-state index in [9.17, 15) is 4.79 Å². The van der Waals surface area contributed by atoms with Gasteiger partial charge in [-0.25, -0.2) is 10.4 Å². The van der Waals surface area contributed by atoms with Crippen LogP contribution < -0.4 is 10.2 Å². The van der Waals surface area contributed by atoms with Crippen LogP contribution in [0.25, 0.3) is 11.1 Å². The summed E-state index contributed by atoms with van der Waals surface area (Å²) in [5.41, 5.74) is 5.80. The number of hydrogen-bond acceptors (Lipinski definition) is 6. The summed E-state index contributed by atoms with van der Waals surface area (Å²) in [4.78, 5) is 17.0. The highest BCUT2D eigenvalue weighted by Gasteiger charge is 2.60. The lowest BCUT2D eigenvalue weighted by atomic mass is 10.1. The molecule has 3 aromatic rings. The van der Waals surface area contributed by atoms with Gasteiger partial charge in [-0.3, -0.25) is 4.79 Å². The maximum absolute atomic E-state index is 12.5. The third kappa shape index (κ3) is 5.37. The fraction of sp³-hybridized carbons (Fsp3) is 0.292. The molecule has 1 aliphatic rings. The maximum atomic E-state index is 12.5. The predicted molar refractivity (Wildman–Crippen MR) is 133 cm³/mol. The van der Waals surface area contributed by atoms with E-state index in [0.717, 1.165) is 28.0 Å². The van der Waals surface area contributed by atoms with Crippen LogP contribution in [0.3, 0.4) is 0 Å². The van der Waals surface area contributed by atoms with Crippen molar-refractivity contribution < 1.29 is 13.9 Å². The standard InChI is InChI=1S/C24H23Cl2N3O3S/c1-24(2)16(11-20(25)26)21(24)22(30)29-27-12-14-8-9-18(31-3)15(10-14)13-33-23-28-17-6-4-5-7-19(17)32-23/h4-12,16,21H,13H2,1-3H3,(H,29,30)/b27-12+/t16-,21-/m0/s1. The molecule has 1 heterocycles. The number of rotatable bonds is 8. The average Bonchev–Trinajstić information content (AvgIpc) is 3.11. The molecule has 0 spiro atoms. The second kappa shape index (κ2) is 9.79. The summed E-state index contributed by atoms with van der Waals surface area (Å²) in [6.45, 7) is 4.01. The molecular weight excluding hydrogens is 481 g/mol. The first-order valence-electron chi connectivity index (χ1n) is 10.3. The number of carbonyl (C=O) groups excluding carboxylic acids is 1. The smallest absolute Gasteiger partial charge is 0.257 e. The minimum atomic E-state index is -0.221. The fourth-order valence-electron chi connectivity index (χ4n) is 3.91. The number of aromatic nitrogens is 1. The Kier molecular flexibility index (Phi) is 7.02. The van der Waals surface area contributed by atoms with Gasteiger partial charge in [-0.1, -0.05) is 60.9 Å². The molecule has 1 amide bonds. The van der Waals surface area contributed by atoms with E-state index in [1.807, 2.05) is 56.3 Å². The molecule has 0 unspecified atom stereocenters. The van der Waals surface area contributed by atoms with Crippen molar-refractivity contribution >= 4 is 58.2 Å². The van der Waals surface area contributed by atoms with E-state index in [4.69, 9.17) is 32.4 Å². The van der Waals surface area contributed by atoms with Gasteiger partial charge in [0.25, 0.3) is 5.22 Å². The summed E-state index contributed by atoms with van der Waals surface area (Å²) >= 11 is 13.0. The number of methoxy groups -OCH3 is 1. The first kappa shape index (κ1) is 23.7. The number of benzene rings is 2. The lowest BCUT2D eigenvalue weighted by molar-refractivity contribution is -0.123. The van der Waals surface area contributed by atoms with Crippen molar-refractivity contribution in [3.05, 3.63) is 64.2 Å². The molecule has 1 aliphatic carbocycles. The zero-order valence-electron chi connectivity index (χ0n) is 18.3. The molecule has 1 aromatic heterocycles. The second-order valence-electron chi connectivity index (χ2n) is 8.32. The van der Waals surface area contributed by atoms with Gasteiger partial charge in [-0.2, -0.15) is 5.10 Å². The summed E-state index contributed by atoms with van der Waals surface area (Å²) in [5.74, 6) is 0.975. The van der Waals surface area contributed by atoms with Crippen molar-refractivity contribution in [2.45, 2.75) is 24.8 Å². The number of ether oxygens (including phenoxy) is 1. The molecule has 6 nitrogen and oxygen atoms in total. The topological polar surface area (TPSA) is 76.7 Å². The van der Waals surface area contributed by atoms with Crippen molar-refractivity contribution in [2.75, 3.05) is 7.11 Å². The molecule has 33 heavy (non-hydrogen) atoms. The molecular formula is C24H23Cl2N3O3S. The van der Waals surface area contributed by atoms with Gasteiger partial charge < -0.3 is 9.15 Å². The summed E-state index contributed by atoms with van der Waals surface area (Å²) in [6.07, 6.45) is 3.32. The second-order valence-corrected chi connectivity index (χ2v) is 10.3. The van der Waals surface area contributed by atoms with Gasteiger partial charge in [0.15, 0.2) is 5.58 Å². The number of thioether (sulfide) groups is 1. The molecule has 1 N–H and O–H groups in total. The zero-order chi connectivity index (χ0) is 23.6. The maximum Gasteiger partial charge on any atom is 0.257 e. The molecule has 0 bridgehead atoms. The molecule has 172 valence electrons. The molecule has 0 radical (unpaired) electrons. The van der Waals surface area contributed by atoms with Crippen LogP contribution in [0.15, 0.2) is 67.8 Å². The van der Waals surface area contributed by atoms with Crippen molar-refractivity contribution in [3.8, 4) is 5.75 Å². The minimum Gasteiger partial charge on any atom is -0.496 e. The molecule has 9 heteroatoms. The van der Waals surface area contributed by atoms with Crippen LogP contribution in [0.5, 0.6) is 5.75 Å². The molecule has 0 saturated heterocycles. The Morgan fingerprint density at radius 3 is 2.82 bits per heavy atom. The molecule has 4 rings (SSSR count). The number of para-hydroxylation sites is 2. The number of hydrogen-bond donors (Lipinski definition) is 1. The molecule has 1 fully saturated rings. The molecule has 2 aromatic carbocycles. The third-order valence-corrected chi connectivity index (χ3v) is 6.95. The van der Waals surface area contributed by atoms with Crippen LogP contribution in [0, 0.1) is 17.3 Å². The van der Waals surface area contributed by atoms with Gasteiger partial charge in [-0.05, 0) is 53.3 Å². The highest BCUT2D eigenvalue weighted by Crippen LogP contribution is 2.59. The Bertz CT molecular complexity index is 1200. The lowest BCUT2D eigenvalue weighted by Crippen LogP contribution is -2.21. The summed E-state index contributed by atoms with van der Waals surface area (Å²) in [7, 11) is 1.63. The number of amides is 1. The summed E-state index contributed by atoms with van der Waals surface area (Å²) in [6, 6.07) is 13.4. The number of nitrogens with zero attached hydrogens (tertiary/aromatic N) is 2. The van der Waals surface area contributed by atoms with E-state index in [1.54, 1.807) is 19.4 Å². The van der Waals surface area contributed by atoms with Crippen molar-refractivity contribution in [3.63, 3.8) is 0 Å². The number of allylic oxidation sites excluding steroid dienone is 1. The predicted octanol–water partition coefficient (Wildman–Crippen LogP) is 6.17. The fourth-order valence-corrected chi connectivity index (χ4v) is 5.00. The largest absolute Gasteiger partial charge is 0.496 e. The quantitative estimate of drug-likeness (QED) is 0.226. The van der Waals surface area contributed by atoms with Crippen LogP contribution in [0.2, 0.25) is 0 Å². The van der Waals surface area contributed by atoms with Gasteiger partial charge in [0.2, 0.25) is 5.91 Å². The van der Waals surface area contributed by atoms with E-state index in [0.29, 0.717) is 11.0 Å². The average molecular weight is 504 g/mol. The summed E-state index contributed by atoms with van der Waals surface area (Å²) in [5, 5.41) is 4.73. The zero-order valence-corrected chi connectivity index (χ0v) is 20.7. The molecule has 0 aliphatic heterocycles. The van der Waals surface area contributed by atoms with Crippen LogP contribution in [0.4, 0.5) is 0 Å². The lowest BCUT2D eigenvalue weighted by Gasteiger charge is -2.08. The Balaban J connectivity index is 1.40. The van der Waals surface area contributed by atoms with Crippen LogP contribution in [0.1, 0.15) is 25.0 Å². The van der Waals surface area contributed by atoms with E-state index in [1.165, 1.54) is 11.8 Å². The monoisotopic (exact) mass is 503 g/mol. The summed E-state index contributed by atoms with van der Waals surface area (Å²) < 4.78 is 11.4. The van der Waals surface area contributed by atoms with Gasteiger partial charge in [-0.15, -0.1) is 0 Å². The van der Waals surface area contributed by atoms with E-state index >= 15 is 0 Å². The van der Waals surface area contributed by atoms with Crippen molar-refractivity contribution in [2.24, 2.45) is 22.4 Å². The van der Waals surface area contributed by atoms with Crippen LogP contribution >= 0.6 is 35.0 Å². The van der Waals surface area contributed by atoms with Crippen molar-refractivity contribution in [1.82, 2.24) is 10.4 Å². The molecule has 2 atom stereocenters. The minimum absolute atomic E-state index is 0.00540. The van der Waals surface area contributed by atoms with Gasteiger partial charge in [0.05, 0.1) is 19.2 Å². The first-order valence-corrected chi connectivity index (χ1v) is 12.0. The normalized spacial score (nSPS) is 18.9. The van der Waals surface area contributed by atoms with Gasteiger partial charge >= 0.3 is 0 Å². The number of fused-ring (bicyclic) bond motifs is 1.